The number of ether oxygens (including phenoxy) is 1. The number of allylic oxidation sites excluding steroid dienone is 2. The van der Waals surface area contributed by atoms with Crippen LogP contribution in [0, 0.1) is 17.8 Å². The summed E-state index contributed by atoms with van der Waals surface area (Å²) in [5, 5.41) is 10.4. The molecule has 1 rings (SSSR count). The summed E-state index contributed by atoms with van der Waals surface area (Å²) in [6.45, 7) is 11.5. The van der Waals surface area contributed by atoms with Gasteiger partial charge >= 0.3 is 5.97 Å². The van der Waals surface area contributed by atoms with Crippen molar-refractivity contribution in [2.45, 2.75) is 66.1 Å². The number of carbonyl (C=O) groups excluding carboxylic acids is 1. The van der Waals surface area contributed by atoms with Gasteiger partial charge in [-0.1, -0.05) is 18.6 Å². The van der Waals surface area contributed by atoms with Crippen molar-refractivity contribution >= 4 is 5.97 Å². The molecule has 0 heterocycles. The van der Waals surface area contributed by atoms with Crippen LogP contribution in [0.4, 0.5) is 0 Å². The highest BCUT2D eigenvalue weighted by molar-refractivity contribution is 5.73. The summed E-state index contributed by atoms with van der Waals surface area (Å²) in [7, 11) is 0. The van der Waals surface area contributed by atoms with Crippen LogP contribution >= 0.6 is 0 Å². The van der Waals surface area contributed by atoms with Gasteiger partial charge in [0.05, 0.1) is 12.0 Å². The number of aliphatic hydroxyl groups excluding tert-OH is 1. The number of aliphatic hydroxyl groups is 1. The molecule has 3 nitrogen and oxygen atoms in total. The van der Waals surface area contributed by atoms with Crippen molar-refractivity contribution in [3.8, 4) is 0 Å². The third-order valence-electron chi connectivity index (χ3n) is 3.60. The molecule has 0 saturated carbocycles. The molecule has 0 aliphatic heterocycles. The lowest BCUT2D eigenvalue weighted by Gasteiger charge is -2.32. The van der Waals surface area contributed by atoms with Gasteiger partial charge in [-0.2, -0.15) is 0 Å². The molecule has 110 valence electrons. The van der Waals surface area contributed by atoms with Crippen LogP contribution in [0.1, 0.15) is 54.4 Å². The second kappa shape index (κ2) is 6.08. The van der Waals surface area contributed by atoms with Crippen molar-refractivity contribution in [1.82, 2.24) is 0 Å². The fourth-order valence-corrected chi connectivity index (χ4v) is 2.80. The van der Waals surface area contributed by atoms with Crippen molar-refractivity contribution in [3.05, 3.63) is 11.6 Å². The van der Waals surface area contributed by atoms with Gasteiger partial charge in [0.25, 0.3) is 0 Å². The van der Waals surface area contributed by atoms with Crippen molar-refractivity contribution in [1.29, 1.82) is 0 Å². The smallest absolute Gasteiger partial charge is 0.311 e. The predicted octanol–water partition coefficient (Wildman–Crippen LogP) is 3.32. The van der Waals surface area contributed by atoms with Crippen LogP contribution < -0.4 is 0 Å². The van der Waals surface area contributed by atoms with Crippen molar-refractivity contribution in [2.75, 3.05) is 0 Å². The summed E-state index contributed by atoms with van der Waals surface area (Å²) in [5.74, 6) is -0.149. The third kappa shape index (κ3) is 4.98. The lowest BCUT2D eigenvalue weighted by atomic mass is 9.77. The minimum atomic E-state index is -0.624. The minimum absolute atomic E-state index is 0.155. The van der Waals surface area contributed by atoms with Gasteiger partial charge in [0.1, 0.15) is 5.60 Å². The largest absolute Gasteiger partial charge is 0.460 e. The van der Waals surface area contributed by atoms with Crippen LogP contribution in [0.3, 0.4) is 0 Å². The summed E-state index contributed by atoms with van der Waals surface area (Å²) >= 11 is 0. The number of hydrogen-bond donors (Lipinski definition) is 1. The maximum absolute atomic E-state index is 12.0. The van der Waals surface area contributed by atoms with E-state index in [0.29, 0.717) is 5.92 Å². The lowest BCUT2D eigenvalue weighted by Crippen LogP contribution is -2.38. The quantitative estimate of drug-likeness (QED) is 0.631. The highest BCUT2D eigenvalue weighted by Gasteiger charge is 2.34. The third-order valence-corrected chi connectivity index (χ3v) is 3.60. The van der Waals surface area contributed by atoms with Gasteiger partial charge in [-0.3, -0.25) is 4.79 Å². The van der Waals surface area contributed by atoms with Crippen LogP contribution in [0.2, 0.25) is 0 Å². The van der Waals surface area contributed by atoms with E-state index in [1.165, 1.54) is 5.57 Å². The van der Waals surface area contributed by atoms with Gasteiger partial charge in [-0.25, -0.2) is 0 Å². The summed E-state index contributed by atoms with van der Waals surface area (Å²) in [4.78, 5) is 12.0. The maximum atomic E-state index is 12.0. The summed E-state index contributed by atoms with van der Waals surface area (Å²) in [6, 6.07) is 0. The number of esters is 1. The molecule has 0 amide bonds. The Morgan fingerprint density at radius 1 is 1.47 bits per heavy atom. The van der Waals surface area contributed by atoms with E-state index in [9.17, 15) is 9.90 Å². The Kier molecular flexibility index (Phi) is 5.19. The Bertz CT molecular complexity index is 351. The fourth-order valence-electron chi connectivity index (χ4n) is 2.80. The van der Waals surface area contributed by atoms with Gasteiger partial charge < -0.3 is 9.84 Å². The Labute approximate surface area is 117 Å². The first-order chi connectivity index (χ1) is 8.60. The van der Waals surface area contributed by atoms with Crippen LogP contribution in [-0.2, 0) is 9.53 Å². The molecule has 0 aromatic carbocycles. The molecule has 4 unspecified atom stereocenters. The Morgan fingerprint density at radius 3 is 2.53 bits per heavy atom. The normalized spacial score (nSPS) is 27.4. The van der Waals surface area contributed by atoms with Gasteiger partial charge in [0.2, 0.25) is 0 Å². The molecular weight excluding hydrogens is 240 g/mol. The zero-order valence-electron chi connectivity index (χ0n) is 13.1. The molecule has 0 fully saturated rings. The Balaban J connectivity index is 2.64. The van der Waals surface area contributed by atoms with E-state index in [-0.39, 0.29) is 11.9 Å². The fraction of sp³-hybridized carbons (Fsp3) is 0.812. The van der Waals surface area contributed by atoms with Crippen molar-refractivity contribution in [2.24, 2.45) is 17.8 Å². The molecule has 1 aliphatic carbocycles. The average molecular weight is 268 g/mol. The number of rotatable bonds is 3. The van der Waals surface area contributed by atoms with E-state index < -0.39 is 17.6 Å². The van der Waals surface area contributed by atoms with E-state index in [1.54, 1.807) is 6.92 Å². The van der Waals surface area contributed by atoms with Crippen LogP contribution in [0.25, 0.3) is 0 Å². The molecule has 0 saturated heterocycles. The Morgan fingerprint density at radius 2 is 2.05 bits per heavy atom. The monoisotopic (exact) mass is 268 g/mol. The predicted molar refractivity (Wildman–Crippen MR) is 76.7 cm³/mol. The number of hydrogen-bond acceptors (Lipinski definition) is 3. The van der Waals surface area contributed by atoms with Crippen molar-refractivity contribution in [3.63, 3.8) is 0 Å². The molecule has 19 heavy (non-hydrogen) atoms. The van der Waals surface area contributed by atoms with Crippen LogP contribution in [-0.4, -0.2) is 22.8 Å². The summed E-state index contributed by atoms with van der Waals surface area (Å²) in [5.41, 5.74) is 0.806. The van der Waals surface area contributed by atoms with E-state index in [2.05, 4.69) is 19.9 Å². The van der Waals surface area contributed by atoms with Gasteiger partial charge in [-0.15, -0.1) is 0 Å². The SMILES string of the molecule is CC1=CC(C)CC(C(O)C(C)C(=O)OC(C)(C)C)C1. The zero-order chi connectivity index (χ0) is 14.8. The first kappa shape index (κ1) is 16.2. The highest BCUT2D eigenvalue weighted by atomic mass is 16.6. The molecule has 0 spiro atoms. The van der Waals surface area contributed by atoms with E-state index in [1.807, 2.05) is 20.8 Å². The minimum Gasteiger partial charge on any atom is -0.460 e. The molecule has 1 N–H and O–H groups in total. The van der Waals surface area contributed by atoms with Crippen molar-refractivity contribution < 1.29 is 14.6 Å². The standard InChI is InChI=1S/C16H28O3/c1-10-7-11(2)9-13(8-10)14(17)12(3)15(18)19-16(4,5)6/h7,10,12-14,17H,8-9H2,1-6H3. The van der Waals surface area contributed by atoms with E-state index in [4.69, 9.17) is 4.74 Å². The summed E-state index contributed by atoms with van der Waals surface area (Å²) < 4.78 is 5.35. The van der Waals surface area contributed by atoms with E-state index >= 15 is 0 Å². The number of carbonyl (C=O) groups is 1. The molecule has 3 heteroatoms. The maximum Gasteiger partial charge on any atom is 0.311 e. The average Bonchev–Trinajstić information content (AvgIpc) is 2.23. The molecule has 0 aromatic rings. The molecule has 0 bridgehead atoms. The van der Waals surface area contributed by atoms with E-state index in [0.717, 1.165) is 12.8 Å². The molecule has 0 radical (unpaired) electrons. The van der Waals surface area contributed by atoms with Gasteiger partial charge in [-0.05, 0) is 59.3 Å². The topological polar surface area (TPSA) is 46.5 Å². The highest BCUT2D eigenvalue weighted by Crippen LogP contribution is 2.33. The lowest BCUT2D eigenvalue weighted by molar-refractivity contribution is -0.164. The molecule has 0 aromatic heterocycles. The first-order valence-electron chi connectivity index (χ1n) is 7.18. The first-order valence-corrected chi connectivity index (χ1v) is 7.18. The van der Waals surface area contributed by atoms with Gasteiger partial charge in [0, 0.05) is 0 Å². The molecular formula is C16H28O3. The van der Waals surface area contributed by atoms with Gasteiger partial charge in [0.15, 0.2) is 0 Å². The molecule has 4 atom stereocenters. The Hall–Kier alpha value is -0.830. The second-order valence-electron chi connectivity index (χ2n) is 7.00. The molecule has 1 aliphatic rings. The summed E-state index contributed by atoms with van der Waals surface area (Å²) in [6.07, 6.45) is 3.44. The van der Waals surface area contributed by atoms with Crippen LogP contribution in [0.5, 0.6) is 0 Å². The second-order valence-corrected chi connectivity index (χ2v) is 7.00. The van der Waals surface area contributed by atoms with Crippen LogP contribution in [0.15, 0.2) is 11.6 Å². The zero-order valence-corrected chi connectivity index (χ0v) is 13.1.